The summed E-state index contributed by atoms with van der Waals surface area (Å²) in [4.78, 5) is 5.14. The number of hydrogen-bond donors (Lipinski definition) is 0. The highest BCUT2D eigenvalue weighted by atomic mass is 32.1. The SMILES string of the molecule is c1ccc(-c2ccc(-c3cccc(-c4c5ccccc5c(-c5ccc(-c6ccccc6)c6ccccc56)c5ccccc45)c3)s2)cc1.c1ccc(-c2ccc(-c3cccc(-c4c5ccccc5c(-c5ccc6cccc(-c7ccccc7)c6c5)c5ccccc45)c3)s2)cc1. The van der Waals surface area contributed by atoms with Crippen LogP contribution in [0.4, 0.5) is 0 Å². The largest absolute Gasteiger partial charge is 0.135 e. The Morgan fingerprint density at radius 3 is 0.840 bits per heavy atom. The Morgan fingerprint density at radius 2 is 0.426 bits per heavy atom. The third-order valence-electron chi connectivity index (χ3n) is 18.6. The summed E-state index contributed by atoms with van der Waals surface area (Å²) < 4.78 is 0. The monoisotopic (exact) mass is 1230 g/mol. The summed E-state index contributed by atoms with van der Waals surface area (Å²) in [5, 5.41) is 15.2. The first kappa shape index (κ1) is 56.5. The molecule has 0 atom stereocenters. The van der Waals surface area contributed by atoms with Crippen LogP contribution in [0, 0.1) is 0 Å². The minimum Gasteiger partial charge on any atom is -0.135 e. The van der Waals surface area contributed by atoms with Crippen LogP contribution in [0.3, 0.4) is 0 Å². The van der Waals surface area contributed by atoms with Gasteiger partial charge in [0.1, 0.15) is 0 Å². The average Bonchev–Trinajstić information content (AvgIpc) is 0.876. The summed E-state index contributed by atoms with van der Waals surface area (Å²) in [7, 11) is 0. The van der Waals surface area contributed by atoms with E-state index in [4.69, 9.17) is 0 Å². The molecule has 0 aliphatic heterocycles. The molecule has 0 aliphatic rings. The summed E-state index contributed by atoms with van der Waals surface area (Å²) in [6.45, 7) is 0. The van der Waals surface area contributed by atoms with Gasteiger partial charge in [-0.1, -0.05) is 322 Å². The van der Waals surface area contributed by atoms with Crippen molar-refractivity contribution in [3.8, 4) is 109 Å². The fourth-order valence-electron chi connectivity index (χ4n) is 14.3. The van der Waals surface area contributed by atoms with Crippen LogP contribution < -0.4 is 0 Å². The normalized spacial score (nSPS) is 11.4. The lowest BCUT2D eigenvalue weighted by Gasteiger charge is -2.20. The maximum Gasteiger partial charge on any atom is 0.0349 e. The van der Waals surface area contributed by atoms with Crippen LogP contribution >= 0.6 is 22.7 Å². The summed E-state index contributed by atoms with van der Waals surface area (Å²) in [6, 6.07) is 133. The molecule has 2 heterocycles. The molecule has 18 rings (SSSR count). The number of thiophene rings is 2. The lowest BCUT2D eigenvalue weighted by atomic mass is 9.83. The molecule has 2 heteroatoms. The van der Waals surface area contributed by atoms with Gasteiger partial charge >= 0.3 is 0 Å². The minimum atomic E-state index is 1.24. The second kappa shape index (κ2) is 24.6. The van der Waals surface area contributed by atoms with Crippen LogP contribution in [0.25, 0.3) is 173 Å². The third kappa shape index (κ3) is 10.4. The number of rotatable bonds is 10. The van der Waals surface area contributed by atoms with Crippen LogP contribution in [0.2, 0.25) is 0 Å². The van der Waals surface area contributed by atoms with Gasteiger partial charge in [0.25, 0.3) is 0 Å². The molecule has 0 unspecified atom stereocenters. The molecule has 0 saturated heterocycles. The standard InChI is InChI=1S/2C46H30S/c1-3-13-31(14-4-1)37-24-12-17-32-25-26-36(30-42(32)37)46-40-22-9-7-20-38(40)45(39-21-8-10-23-41(39)46)35-19-11-18-34(29-35)44-28-27-43(47-44)33-15-5-2-6-16-33;1-3-14-31(15-4-1)35-26-27-42(37-21-8-7-20-36(35)37)46-40-24-11-9-22-38(40)45(39-23-10-12-25-41(39)46)34-19-13-18-33(30-34)44-29-28-43(47-44)32-16-5-2-6-17-32/h2*1-30H. The van der Waals surface area contributed by atoms with Crippen molar-refractivity contribution in [2.45, 2.75) is 0 Å². The Hall–Kier alpha value is -11.5. The summed E-state index contributed by atoms with van der Waals surface area (Å²) in [5.74, 6) is 0. The summed E-state index contributed by atoms with van der Waals surface area (Å²) in [5.41, 5.74) is 20.1. The molecule has 16 aromatic carbocycles. The van der Waals surface area contributed by atoms with Gasteiger partial charge in [-0.15, -0.1) is 22.7 Å². The molecule has 0 nitrogen and oxygen atoms in total. The highest BCUT2D eigenvalue weighted by molar-refractivity contribution is 7.19. The van der Waals surface area contributed by atoms with E-state index in [2.05, 4.69) is 364 Å². The smallest absolute Gasteiger partial charge is 0.0349 e. The molecule has 440 valence electrons. The van der Waals surface area contributed by atoms with Crippen molar-refractivity contribution in [3.63, 3.8) is 0 Å². The van der Waals surface area contributed by atoms with Crippen molar-refractivity contribution in [3.05, 3.63) is 364 Å². The van der Waals surface area contributed by atoms with Gasteiger partial charge < -0.3 is 0 Å². The Kier molecular flexibility index (Phi) is 14.8. The average molecular weight is 1230 g/mol. The van der Waals surface area contributed by atoms with Crippen molar-refractivity contribution in [2.24, 2.45) is 0 Å². The fraction of sp³-hybridized carbons (Fsp3) is 0. The van der Waals surface area contributed by atoms with Crippen molar-refractivity contribution < 1.29 is 0 Å². The maximum absolute atomic E-state index is 2.40. The van der Waals surface area contributed by atoms with Gasteiger partial charge in [-0.05, 0) is 196 Å². The predicted molar refractivity (Wildman–Crippen MR) is 408 cm³/mol. The van der Waals surface area contributed by atoms with Gasteiger partial charge in [0.2, 0.25) is 0 Å². The van der Waals surface area contributed by atoms with Crippen LogP contribution in [0.5, 0.6) is 0 Å². The maximum atomic E-state index is 2.40. The lowest BCUT2D eigenvalue weighted by Crippen LogP contribution is -1.92. The third-order valence-corrected chi connectivity index (χ3v) is 21.0. The Labute approximate surface area is 555 Å². The summed E-state index contributed by atoms with van der Waals surface area (Å²) in [6.07, 6.45) is 0. The molecule has 0 fully saturated rings. The van der Waals surface area contributed by atoms with E-state index in [9.17, 15) is 0 Å². The van der Waals surface area contributed by atoms with Gasteiger partial charge in [-0.25, -0.2) is 0 Å². The molecule has 0 saturated carbocycles. The molecule has 0 N–H and O–H groups in total. The van der Waals surface area contributed by atoms with Crippen molar-refractivity contribution >= 4 is 87.3 Å². The quantitative estimate of drug-likeness (QED) is 0.120. The fourth-order valence-corrected chi connectivity index (χ4v) is 16.3. The topological polar surface area (TPSA) is 0 Å². The molecule has 0 bridgehead atoms. The van der Waals surface area contributed by atoms with E-state index in [1.54, 1.807) is 0 Å². The van der Waals surface area contributed by atoms with Crippen molar-refractivity contribution in [1.29, 1.82) is 0 Å². The molecule has 0 spiro atoms. The molecule has 0 aliphatic carbocycles. The van der Waals surface area contributed by atoms with Gasteiger partial charge in [0.05, 0.1) is 0 Å². The van der Waals surface area contributed by atoms with Crippen LogP contribution in [-0.4, -0.2) is 0 Å². The highest BCUT2D eigenvalue weighted by Gasteiger charge is 2.22. The molecular formula is C92H60S2. The molecule has 18 aromatic rings. The Bertz CT molecular complexity index is 5680. The minimum absolute atomic E-state index is 1.24. The predicted octanol–water partition coefficient (Wildman–Crippen LogP) is 27.1. The Morgan fingerprint density at radius 1 is 0.138 bits per heavy atom. The molecule has 0 amide bonds. The first-order valence-corrected chi connectivity index (χ1v) is 33.8. The second-order valence-electron chi connectivity index (χ2n) is 24.1. The van der Waals surface area contributed by atoms with Crippen molar-refractivity contribution in [1.82, 2.24) is 0 Å². The van der Waals surface area contributed by atoms with Gasteiger partial charge in [0.15, 0.2) is 0 Å². The Balaban J connectivity index is 0.000000143. The lowest BCUT2D eigenvalue weighted by molar-refractivity contribution is 1.64. The van der Waals surface area contributed by atoms with E-state index in [1.807, 2.05) is 22.7 Å². The molecule has 2 aromatic heterocycles. The van der Waals surface area contributed by atoms with E-state index in [0.29, 0.717) is 0 Å². The van der Waals surface area contributed by atoms with E-state index in [-0.39, 0.29) is 0 Å². The first-order chi connectivity index (χ1) is 46.6. The van der Waals surface area contributed by atoms with E-state index >= 15 is 0 Å². The second-order valence-corrected chi connectivity index (χ2v) is 26.3. The summed E-state index contributed by atoms with van der Waals surface area (Å²) >= 11 is 3.70. The van der Waals surface area contributed by atoms with Crippen molar-refractivity contribution in [2.75, 3.05) is 0 Å². The zero-order valence-corrected chi connectivity index (χ0v) is 53.1. The number of hydrogen-bond acceptors (Lipinski definition) is 2. The van der Waals surface area contributed by atoms with Gasteiger partial charge in [0, 0.05) is 19.5 Å². The van der Waals surface area contributed by atoms with E-state index in [1.165, 1.54) is 173 Å². The van der Waals surface area contributed by atoms with Gasteiger partial charge in [-0.3, -0.25) is 0 Å². The molecule has 94 heavy (non-hydrogen) atoms. The highest BCUT2D eigenvalue weighted by Crippen LogP contribution is 2.49. The van der Waals surface area contributed by atoms with Gasteiger partial charge in [-0.2, -0.15) is 0 Å². The first-order valence-electron chi connectivity index (χ1n) is 32.2. The zero-order valence-electron chi connectivity index (χ0n) is 51.5. The zero-order chi connectivity index (χ0) is 62.3. The molecule has 0 radical (unpaired) electrons. The number of benzene rings is 16. The van der Waals surface area contributed by atoms with E-state index < -0.39 is 0 Å². The van der Waals surface area contributed by atoms with Crippen LogP contribution in [0.1, 0.15) is 0 Å². The van der Waals surface area contributed by atoms with E-state index in [0.717, 1.165) is 0 Å². The van der Waals surface area contributed by atoms with Crippen LogP contribution in [-0.2, 0) is 0 Å². The number of fused-ring (bicyclic) bond motifs is 6. The van der Waals surface area contributed by atoms with Crippen LogP contribution in [0.15, 0.2) is 364 Å². The molecular weight excluding hydrogens is 1170 g/mol.